The van der Waals surface area contributed by atoms with E-state index in [2.05, 4.69) is 15.3 Å². The summed E-state index contributed by atoms with van der Waals surface area (Å²) in [4.78, 5) is 8.61. The molecule has 0 aliphatic carbocycles. The van der Waals surface area contributed by atoms with Crippen molar-refractivity contribution in [2.45, 2.75) is 13.2 Å². The van der Waals surface area contributed by atoms with E-state index in [-0.39, 0.29) is 0 Å². The van der Waals surface area contributed by atoms with E-state index >= 15 is 0 Å². The summed E-state index contributed by atoms with van der Waals surface area (Å²) in [6.07, 6.45) is 1.75. The zero-order valence-corrected chi connectivity index (χ0v) is 16.5. The number of rotatable bonds is 8. The predicted molar refractivity (Wildman–Crippen MR) is 114 cm³/mol. The molecule has 3 aromatic rings. The maximum atomic E-state index is 5.99. The van der Waals surface area contributed by atoms with Crippen molar-refractivity contribution in [2.75, 3.05) is 19.5 Å². The highest BCUT2D eigenvalue weighted by Crippen LogP contribution is 2.29. The largest absolute Gasteiger partial charge is 0.493 e. The van der Waals surface area contributed by atoms with E-state index in [1.165, 1.54) is 0 Å². The second-order valence-electron chi connectivity index (χ2n) is 6.15. The number of nitrogens with two attached hydrogens (primary N) is 1. The van der Waals surface area contributed by atoms with Crippen molar-refractivity contribution in [2.24, 2.45) is 10.7 Å². The minimum absolute atomic E-state index is 0.313. The van der Waals surface area contributed by atoms with Gasteiger partial charge in [0, 0.05) is 18.0 Å². The standard InChI is InChI=1S/C22H24N4O3/c1-27-20-11-8-17(13-21(20)28-2)26-22(23)25-14-16-6-9-19(10-7-16)29-15-18-5-3-4-12-24-18/h3-13H,14-15H2,1-2H3,(H3,23,25,26). The van der Waals surface area contributed by atoms with Gasteiger partial charge in [-0.15, -0.1) is 0 Å². The number of nitrogens with zero attached hydrogens (tertiary/aromatic N) is 2. The molecule has 0 bridgehead atoms. The van der Waals surface area contributed by atoms with Crippen LogP contribution in [0.2, 0.25) is 0 Å². The molecule has 0 saturated heterocycles. The maximum absolute atomic E-state index is 5.99. The molecular formula is C22H24N4O3. The zero-order chi connectivity index (χ0) is 20.5. The number of nitrogens with one attached hydrogen (secondary N) is 1. The average molecular weight is 392 g/mol. The van der Waals surface area contributed by atoms with Gasteiger partial charge in [0.1, 0.15) is 12.4 Å². The van der Waals surface area contributed by atoms with Crippen LogP contribution in [0.5, 0.6) is 17.2 Å². The Balaban J connectivity index is 1.53. The molecule has 0 saturated carbocycles. The Bertz CT molecular complexity index is 944. The van der Waals surface area contributed by atoms with Gasteiger partial charge in [-0.05, 0) is 42.0 Å². The molecule has 0 radical (unpaired) electrons. The molecule has 0 aliphatic heterocycles. The molecule has 1 aromatic heterocycles. The van der Waals surface area contributed by atoms with Crippen molar-refractivity contribution >= 4 is 11.6 Å². The number of pyridine rings is 1. The van der Waals surface area contributed by atoms with Crippen LogP contribution in [-0.4, -0.2) is 25.2 Å². The number of benzene rings is 2. The Labute approximate surface area is 170 Å². The van der Waals surface area contributed by atoms with Gasteiger partial charge in [-0.25, -0.2) is 4.99 Å². The third kappa shape index (κ3) is 5.87. The number of aliphatic imine (C=N–C) groups is 1. The lowest BCUT2D eigenvalue weighted by Gasteiger charge is -2.11. The number of anilines is 1. The van der Waals surface area contributed by atoms with Gasteiger partial charge in [0.15, 0.2) is 17.5 Å². The zero-order valence-electron chi connectivity index (χ0n) is 16.5. The Kier molecular flexibility index (Phi) is 6.89. The molecule has 0 spiro atoms. The first-order valence-electron chi connectivity index (χ1n) is 9.08. The fourth-order valence-electron chi connectivity index (χ4n) is 2.61. The molecule has 0 atom stereocenters. The lowest BCUT2D eigenvalue weighted by Crippen LogP contribution is -2.22. The second kappa shape index (κ2) is 9.98. The van der Waals surface area contributed by atoms with E-state index in [0.29, 0.717) is 30.6 Å². The van der Waals surface area contributed by atoms with Crippen molar-refractivity contribution in [3.05, 3.63) is 78.1 Å². The molecule has 1 heterocycles. The minimum atomic E-state index is 0.313. The van der Waals surface area contributed by atoms with Gasteiger partial charge in [0.2, 0.25) is 0 Å². The number of methoxy groups -OCH3 is 2. The van der Waals surface area contributed by atoms with Gasteiger partial charge in [-0.3, -0.25) is 4.98 Å². The van der Waals surface area contributed by atoms with Crippen LogP contribution in [0.15, 0.2) is 71.9 Å². The fourth-order valence-corrected chi connectivity index (χ4v) is 2.61. The molecule has 0 aliphatic rings. The lowest BCUT2D eigenvalue weighted by atomic mass is 10.2. The molecule has 3 rings (SSSR count). The summed E-state index contributed by atoms with van der Waals surface area (Å²) in [5.74, 6) is 2.36. The first-order chi connectivity index (χ1) is 14.2. The van der Waals surface area contributed by atoms with E-state index in [4.69, 9.17) is 19.9 Å². The third-order valence-electron chi connectivity index (χ3n) is 4.12. The molecule has 0 fully saturated rings. The van der Waals surface area contributed by atoms with Crippen molar-refractivity contribution in [1.29, 1.82) is 0 Å². The lowest BCUT2D eigenvalue weighted by molar-refractivity contribution is 0.301. The summed E-state index contributed by atoms with van der Waals surface area (Å²) in [7, 11) is 3.18. The van der Waals surface area contributed by atoms with Crippen LogP contribution in [0.25, 0.3) is 0 Å². The van der Waals surface area contributed by atoms with Gasteiger partial charge in [-0.2, -0.15) is 0 Å². The summed E-state index contributed by atoms with van der Waals surface area (Å²) in [5, 5.41) is 3.05. The Morgan fingerprint density at radius 3 is 2.48 bits per heavy atom. The van der Waals surface area contributed by atoms with Gasteiger partial charge in [-0.1, -0.05) is 18.2 Å². The van der Waals surface area contributed by atoms with Crippen LogP contribution in [0.3, 0.4) is 0 Å². The second-order valence-corrected chi connectivity index (χ2v) is 6.15. The number of aromatic nitrogens is 1. The molecular weight excluding hydrogens is 368 g/mol. The Hall–Kier alpha value is -3.74. The molecule has 7 nitrogen and oxygen atoms in total. The Morgan fingerprint density at radius 1 is 1.00 bits per heavy atom. The number of hydrogen-bond acceptors (Lipinski definition) is 5. The van der Waals surface area contributed by atoms with Crippen LogP contribution >= 0.6 is 0 Å². The van der Waals surface area contributed by atoms with Gasteiger partial charge < -0.3 is 25.3 Å². The minimum Gasteiger partial charge on any atom is -0.493 e. The molecule has 29 heavy (non-hydrogen) atoms. The van der Waals surface area contributed by atoms with E-state index in [0.717, 1.165) is 22.7 Å². The summed E-state index contributed by atoms with van der Waals surface area (Å²) in [5.41, 5.74) is 8.66. The van der Waals surface area contributed by atoms with Crippen LogP contribution in [0, 0.1) is 0 Å². The highest BCUT2D eigenvalue weighted by Gasteiger charge is 2.05. The smallest absolute Gasteiger partial charge is 0.193 e. The van der Waals surface area contributed by atoms with Gasteiger partial charge >= 0.3 is 0 Å². The first kappa shape index (κ1) is 20.0. The summed E-state index contributed by atoms with van der Waals surface area (Å²) < 4.78 is 16.2. The maximum Gasteiger partial charge on any atom is 0.193 e. The van der Waals surface area contributed by atoms with Crippen LogP contribution in [0.1, 0.15) is 11.3 Å². The number of hydrogen-bond donors (Lipinski definition) is 2. The summed E-state index contributed by atoms with van der Waals surface area (Å²) in [6, 6.07) is 18.9. The normalized spacial score (nSPS) is 11.0. The van der Waals surface area contributed by atoms with Crippen molar-refractivity contribution in [3.8, 4) is 17.2 Å². The summed E-state index contributed by atoms with van der Waals surface area (Å²) >= 11 is 0. The monoisotopic (exact) mass is 392 g/mol. The van der Waals surface area contributed by atoms with Crippen LogP contribution in [0.4, 0.5) is 5.69 Å². The average Bonchev–Trinajstić information content (AvgIpc) is 2.77. The highest BCUT2D eigenvalue weighted by atomic mass is 16.5. The molecule has 2 aromatic carbocycles. The molecule has 0 amide bonds. The topological polar surface area (TPSA) is 91.0 Å². The van der Waals surface area contributed by atoms with Gasteiger partial charge in [0.05, 0.1) is 26.5 Å². The number of ether oxygens (including phenoxy) is 3. The van der Waals surface area contributed by atoms with E-state index in [9.17, 15) is 0 Å². The SMILES string of the molecule is COc1ccc(NC(N)=NCc2ccc(OCc3ccccn3)cc2)cc1OC. The predicted octanol–water partition coefficient (Wildman–Crippen LogP) is 3.60. The number of guanidine groups is 1. The first-order valence-corrected chi connectivity index (χ1v) is 9.08. The van der Waals surface area contributed by atoms with E-state index in [1.54, 1.807) is 32.5 Å². The van der Waals surface area contributed by atoms with Gasteiger partial charge in [0.25, 0.3) is 0 Å². The summed E-state index contributed by atoms with van der Waals surface area (Å²) in [6.45, 7) is 0.882. The van der Waals surface area contributed by atoms with Crippen molar-refractivity contribution in [1.82, 2.24) is 4.98 Å². The molecule has 3 N–H and O–H groups in total. The fraction of sp³-hybridized carbons (Fsp3) is 0.182. The Morgan fingerprint density at radius 2 is 1.79 bits per heavy atom. The van der Waals surface area contributed by atoms with E-state index in [1.807, 2.05) is 48.5 Å². The highest BCUT2D eigenvalue weighted by molar-refractivity contribution is 5.92. The molecule has 150 valence electrons. The quantitative estimate of drug-likeness (QED) is 0.450. The molecule has 7 heteroatoms. The van der Waals surface area contributed by atoms with Crippen LogP contribution in [-0.2, 0) is 13.2 Å². The van der Waals surface area contributed by atoms with Crippen LogP contribution < -0.4 is 25.3 Å². The van der Waals surface area contributed by atoms with Crippen molar-refractivity contribution in [3.63, 3.8) is 0 Å². The van der Waals surface area contributed by atoms with E-state index < -0.39 is 0 Å². The molecule has 0 unspecified atom stereocenters. The van der Waals surface area contributed by atoms with Crippen molar-refractivity contribution < 1.29 is 14.2 Å². The third-order valence-corrected chi connectivity index (χ3v) is 4.12.